The number of hydrogen-bond donors (Lipinski definition) is 1. The molecule has 106 valence electrons. The lowest BCUT2D eigenvalue weighted by atomic mass is 10.4. The Morgan fingerprint density at radius 2 is 2.05 bits per heavy atom. The molecular formula is C13H21N3O2S. The van der Waals surface area contributed by atoms with Crippen molar-refractivity contribution in [3.05, 3.63) is 18.0 Å². The molecule has 2 fully saturated rings. The highest BCUT2D eigenvalue weighted by atomic mass is 32.2. The number of sulfonamides is 1. The molecule has 1 N–H and O–H groups in total. The lowest BCUT2D eigenvalue weighted by molar-refractivity contribution is 0.464. The van der Waals surface area contributed by atoms with Gasteiger partial charge in [-0.05, 0) is 38.8 Å². The number of rotatable bonds is 6. The molecule has 0 radical (unpaired) electrons. The van der Waals surface area contributed by atoms with Gasteiger partial charge in [0, 0.05) is 37.6 Å². The maximum atomic E-state index is 12.5. The van der Waals surface area contributed by atoms with Gasteiger partial charge >= 0.3 is 0 Å². The van der Waals surface area contributed by atoms with E-state index in [9.17, 15) is 8.42 Å². The van der Waals surface area contributed by atoms with Crippen LogP contribution in [0.3, 0.4) is 0 Å². The Bertz CT molecular complexity index is 571. The summed E-state index contributed by atoms with van der Waals surface area (Å²) in [6.07, 6.45) is 6.11. The number of hydrogen-bond acceptors (Lipinski definition) is 3. The summed E-state index contributed by atoms with van der Waals surface area (Å²) in [4.78, 5) is 0.444. The molecule has 0 aromatic carbocycles. The van der Waals surface area contributed by atoms with Crippen LogP contribution in [-0.2, 0) is 16.6 Å². The number of nitrogens with one attached hydrogen (secondary N) is 1. The van der Waals surface area contributed by atoms with Crippen LogP contribution in [-0.4, -0.2) is 37.4 Å². The Labute approximate surface area is 114 Å². The van der Waals surface area contributed by atoms with Crippen LogP contribution in [0.15, 0.2) is 17.2 Å². The van der Waals surface area contributed by atoms with Crippen molar-refractivity contribution in [3.63, 3.8) is 0 Å². The van der Waals surface area contributed by atoms with Crippen molar-refractivity contribution in [2.45, 2.75) is 49.2 Å². The van der Waals surface area contributed by atoms with Crippen LogP contribution in [0.4, 0.5) is 0 Å². The zero-order chi connectivity index (χ0) is 13.6. The maximum absolute atomic E-state index is 12.5. The van der Waals surface area contributed by atoms with Crippen molar-refractivity contribution in [2.75, 3.05) is 14.1 Å². The summed E-state index contributed by atoms with van der Waals surface area (Å²) in [5.41, 5.74) is 1.06. The zero-order valence-corrected chi connectivity index (χ0v) is 12.3. The van der Waals surface area contributed by atoms with Gasteiger partial charge in [-0.15, -0.1) is 0 Å². The van der Waals surface area contributed by atoms with Crippen molar-refractivity contribution >= 4 is 10.0 Å². The van der Waals surface area contributed by atoms with Gasteiger partial charge in [0.1, 0.15) is 4.90 Å². The third kappa shape index (κ3) is 2.44. The van der Waals surface area contributed by atoms with Gasteiger partial charge < -0.3 is 9.88 Å². The van der Waals surface area contributed by atoms with E-state index in [1.54, 1.807) is 7.05 Å². The Balaban J connectivity index is 1.93. The Hall–Kier alpha value is -0.850. The summed E-state index contributed by atoms with van der Waals surface area (Å²) in [5, 5.41) is 3.11. The molecule has 0 spiro atoms. The van der Waals surface area contributed by atoms with Crippen molar-refractivity contribution in [3.8, 4) is 0 Å². The predicted octanol–water partition coefficient (Wildman–Crippen LogP) is 1.33. The molecule has 0 aliphatic heterocycles. The highest BCUT2D eigenvalue weighted by molar-refractivity contribution is 7.89. The summed E-state index contributed by atoms with van der Waals surface area (Å²) in [7, 11) is 0.261. The highest BCUT2D eigenvalue weighted by Crippen LogP contribution is 2.38. The molecule has 1 aromatic rings. The third-order valence-electron chi connectivity index (χ3n) is 3.94. The van der Waals surface area contributed by atoms with Gasteiger partial charge in [-0.2, -0.15) is 4.31 Å². The first kappa shape index (κ1) is 13.1. The van der Waals surface area contributed by atoms with Gasteiger partial charge in [0.05, 0.1) is 0 Å². The van der Waals surface area contributed by atoms with Gasteiger partial charge in [-0.25, -0.2) is 8.42 Å². The fourth-order valence-corrected chi connectivity index (χ4v) is 3.92. The molecule has 0 amide bonds. The van der Waals surface area contributed by atoms with Crippen LogP contribution < -0.4 is 5.32 Å². The molecule has 3 rings (SSSR count). The minimum Gasteiger partial charge on any atom is -0.346 e. The predicted molar refractivity (Wildman–Crippen MR) is 73.4 cm³/mol. The van der Waals surface area contributed by atoms with Gasteiger partial charge in [0.15, 0.2) is 0 Å². The first-order valence-corrected chi connectivity index (χ1v) is 8.31. The minimum absolute atomic E-state index is 0.210. The molecule has 1 heterocycles. The smallest absolute Gasteiger partial charge is 0.244 e. The monoisotopic (exact) mass is 283 g/mol. The van der Waals surface area contributed by atoms with E-state index in [1.807, 2.05) is 19.3 Å². The van der Waals surface area contributed by atoms with Crippen LogP contribution in [0.5, 0.6) is 0 Å². The van der Waals surface area contributed by atoms with Crippen LogP contribution in [0.2, 0.25) is 0 Å². The van der Waals surface area contributed by atoms with E-state index in [0.717, 1.165) is 31.4 Å². The molecule has 2 aliphatic carbocycles. The molecule has 2 saturated carbocycles. The topological polar surface area (TPSA) is 54.3 Å². The maximum Gasteiger partial charge on any atom is 0.244 e. The van der Waals surface area contributed by atoms with Crippen molar-refractivity contribution < 1.29 is 8.42 Å². The van der Waals surface area contributed by atoms with E-state index < -0.39 is 10.0 Å². The number of aromatic nitrogens is 1. The Kier molecular flexibility index (Phi) is 3.19. The van der Waals surface area contributed by atoms with Crippen LogP contribution in [0.1, 0.15) is 37.4 Å². The first-order valence-electron chi connectivity index (χ1n) is 6.87. The van der Waals surface area contributed by atoms with E-state index in [1.165, 1.54) is 4.31 Å². The van der Waals surface area contributed by atoms with E-state index in [2.05, 4.69) is 9.88 Å². The normalized spacial score (nSPS) is 20.2. The molecule has 0 unspecified atom stereocenters. The fourth-order valence-electron chi connectivity index (χ4n) is 2.45. The molecule has 5 nitrogen and oxygen atoms in total. The van der Waals surface area contributed by atoms with Crippen LogP contribution in [0.25, 0.3) is 0 Å². The molecule has 2 aliphatic rings. The Morgan fingerprint density at radius 1 is 1.37 bits per heavy atom. The van der Waals surface area contributed by atoms with Gasteiger partial charge in [0.2, 0.25) is 10.0 Å². The largest absolute Gasteiger partial charge is 0.346 e. The summed E-state index contributed by atoms with van der Waals surface area (Å²) in [6.45, 7) is 0.708. The van der Waals surface area contributed by atoms with Crippen molar-refractivity contribution in [2.24, 2.45) is 0 Å². The van der Waals surface area contributed by atoms with Crippen LogP contribution in [0, 0.1) is 0 Å². The van der Waals surface area contributed by atoms with E-state index in [4.69, 9.17) is 0 Å². The van der Waals surface area contributed by atoms with Gasteiger partial charge in [0.25, 0.3) is 0 Å². The SMILES string of the molecule is CNCc1cc(S(=O)(=O)N(C)C2CC2)cn1C1CC1. The second-order valence-corrected chi connectivity index (χ2v) is 7.59. The average Bonchev–Trinajstić information content (AvgIpc) is 3.27. The number of nitrogens with zero attached hydrogens (tertiary/aromatic N) is 2. The van der Waals surface area contributed by atoms with Crippen molar-refractivity contribution in [1.29, 1.82) is 0 Å². The Morgan fingerprint density at radius 3 is 2.58 bits per heavy atom. The molecule has 0 bridgehead atoms. The quantitative estimate of drug-likeness (QED) is 0.857. The molecule has 6 heteroatoms. The lowest BCUT2D eigenvalue weighted by Gasteiger charge is -2.14. The standard InChI is InChI=1S/C13H21N3O2S/c1-14-8-12-7-13(9-16(12)11-5-6-11)19(17,18)15(2)10-3-4-10/h7,9-11,14H,3-6,8H2,1-2H3. The second-order valence-electron chi connectivity index (χ2n) is 5.59. The molecule has 0 atom stereocenters. The fraction of sp³-hybridized carbons (Fsp3) is 0.692. The highest BCUT2D eigenvalue weighted by Gasteiger charge is 2.36. The van der Waals surface area contributed by atoms with Crippen molar-refractivity contribution in [1.82, 2.24) is 14.2 Å². The second kappa shape index (κ2) is 4.61. The minimum atomic E-state index is -3.32. The van der Waals surface area contributed by atoms with Crippen LogP contribution >= 0.6 is 0 Å². The molecule has 0 saturated heterocycles. The summed E-state index contributed by atoms with van der Waals surface area (Å²) in [5.74, 6) is 0. The average molecular weight is 283 g/mol. The summed E-state index contributed by atoms with van der Waals surface area (Å²) < 4.78 is 28.7. The third-order valence-corrected chi connectivity index (χ3v) is 5.82. The van der Waals surface area contributed by atoms with Gasteiger partial charge in [-0.1, -0.05) is 0 Å². The summed E-state index contributed by atoms with van der Waals surface area (Å²) in [6, 6.07) is 2.53. The van der Waals surface area contributed by atoms with E-state index in [-0.39, 0.29) is 6.04 Å². The molecule has 1 aromatic heterocycles. The lowest BCUT2D eigenvalue weighted by Crippen LogP contribution is -2.28. The molecule has 19 heavy (non-hydrogen) atoms. The van der Waals surface area contributed by atoms with E-state index in [0.29, 0.717) is 17.5 Å². The summed E-state index contributed by atoms with van der Waals surface area (Å²) >= 11 is 0. The molecular weight excluding hydrogens is 262 g/mol. The van der Waals surface area contributed by atoms with Gasteiger partial charge in [-0.3, -0.25) is 0 Å². The first-order chi connectivity index (χ1) is 9.04. The van der Waals surface area contributed by atoms with E-state index >= 15 is 0 Å². The zero-order valence-electron chi connectivity index (χ0n) is 11.5.